The van der Waals surface area contributed by atoms with Crippen molar-refractivity contribution in [1.29, 1.82) is 0 Å². The molecule has 0 aliphatic rings. The van der Waals surface area contributed by atoms with E-state index in [2.05, 4.69) is 10.4 Å². The largest absolute Gasteiger partial charge is 0.315 e. The molecule has 0 aliphatic heterocycles. The molecule has 1 aromatic rings. The van der Waals surface area contributed by atoms with Crippen molar-refractivity contribution in [3.63, 3.8) is 0 Å². The van der Waals surface area contributed by atoms with Crippen LogP contribution in [0.5, 0.6) is 0 Å². The van der Waals surface area contributed by atoms with Gasteiger partial charge in [-0.3, -0.25) is 4.68 Å². The first kappa shape index (κ1) is 15.2. The third kappa shape index (κ3) is 2.92. The maximum absolute atomic E-state index is 11.9. The predicted molar refractivity (Wildman–Crippen MR) is 73.4 cm³/mol. The third-order valence-electron chi connectivity index (χ3n) is 3.66. The molecule has 0 amide bonds. The first-order valence-corrected chi connectivity index (χ1v) is 7.85. The fourth-order valence-corrected chi connectivity index (χ4v) is 2.74. The molecule has 0 aliphatic carbocycles. The van der Waals surface area contributed by atoms with Crippen molar-refractivity contribution in [2.75, 3.05) is 13.3 Å². The van der Waals surface area contributed by atoms with Crippen molar-refractivity contribution in [1.82, 2.24) is 15.1 Å². The van der Waals surface area contributed by atoms with Crippen molar-refractivity contribution >= 4 is 9.84 Å². The second kappa shape index (κ2) is 5.01. The molecular formula is C12H23N3O2S. The van der Waals surface area contributed by atoms with Crippen LogP contribution in [0, 0.1) is 6.92 Å². The number of sulfone groups is 1. The van der Waals surface area contributed by atoms with Crippen molar-refractivity contribution < 1.29 is 8.42 Å². The van der Waals surface area contributed by atoms with Gasteiger partial charge in [0, 0.05) is 31.5 Å². The average Bonchev–Trinajstić information content (AvgIpc) is 2.51. The predicted octanol–water partition coefficient (Wildman–Crippen LogP) is 0.682. The standard InChI is InChI=1S/C12H23N3O2S/c1-9-7-10(15(5)14-9)8-11(13-4)12(2,3)18(6,16)17/h7,11,13H,8H2,1-6H3. The number of nitrogens with one attached hydrogen (secondary N) is 1. The first-order chi connectivity index (χ1) is 8.09. The maximum atomic E-state index is 11.9. The molecule has 0 fully saturated rings. The Morgan fingerprint density at radius 3 is 2.39 bits per heavy atom. The second-order valence-electron chi connectivity index (χ2n) is 5.32. The van der Waals surface area contributed by atoms with Gasteiger partial charge in [0.05, 0.1) is 10.4 Å². The van der Waals surface area contributed by atoms with Gasteiger partial charge >= 0.3 is 0 Å². The molecule has 0 bridgehead atoms. The minimum Gasteiger partial charge on any atom is -0.315 e. The first-order valence-electron chi connectivity index (χ1n) is 5.96. The summed E-state index contributed by atoms with van der Waals surface area (Å²) in [4.78, 5) is 0. The molecule has 18 heavy (non-hydrogen) atoms. The Morgan fingerprint density at radius 2 is 2.06 bits per heavy atom. The minimum atomic E-state index is -3.13. The third-order valence-corrected chi connectivity index (χ3v) is 5.85. The zero-order valence-electron chi connectivity index (χ0n) is 12.0. The van der Waals surface area contributed by atoms with Crippen molar-refractivity contribution in [3.8, 4) is 0 Å². The highest BCUT2D eigenvalue weighted by Crippen LogP contribution is 2.23. The van der Waals surface area contributed by atoms with E-state index in [1.807, 2.05) is 20.0 Å². The normalized spacial score (nSPS) is 14.8. The van der Waals surface area contributed by atoms with E-state index in [0.29, 0.717) is 6.42 Å². The van der Waals surface area contributed by atoms with E-state index in [-0.39, 0.29) is 6.04 Å². The van der Waals surface area contributed by atoms with Crippen molar-refractivity contribution in [2.45, 2.75) is 38.0 Å². The summed E-state index contributed by atoms with van der Waals surface area (Å²) in [7, 11) is 0.538. The Hall–Kier alpha value is -0.880. The highest BCUT2D eigenvalue weighted by molar-refractivity contribution is 7.92. The smallest absolute Gasteiger partial charge is 0.154 e. The van der Waals surface area contributed by atoms with Gasteiger partial charge in [0.15, 0.2) is 9.84 Å². The van der Waals surface area contributed by atoms with Crippen LogP contribution in [0.2, 0.25) is 0 Å². The van der Waals surface area contributed by atoms with E-state index in [4.69, 9.17) is 0 Å². The summed E-state index contributed by atoms with van der Waals surface area (Å²) in [6.07, 6.45) is 1.92. The fraction of sp³-hybridized carbons (Fsp3) is 0.750. The summed E-state index contributed by atoms with van der Waals surface area (Å²) in [6.45, 7) is 5.44. The fourth-order valence-electron chi connectivity index (χ4n) is 2.02. The Balaban J connectivity index is 3.03. The monoisotopic (exact) mass is 273 g/mol. The van der Waals surface area contributed by atoms with Gasteiger partial charge < -0.3 is 5.32 Å². The summed E-state index contributed by atoms with van der Waals surface area (Å²) < 4.78 is 24.7. The summed E-state index contributed by atoms with van der Waals surface area (Å²) >= 11 is 0. The van der Waals surface area contributed by atoms with Crippen LogP contribution < -0.4 is 5.32 Å². The van der Waals surface area contributed by atoms with E-state index in [1.54, 1.807) is 25.6 Å². The Morgan fingerprint density at radius 1 is 1.50 bits per heavy atom. The van der Waals surface area contributed by atoms with Crippen LogP contribution in [0.3, 0.4) is 0 Å². The second-order valence-corrected chi connectivity index (χ2v) is 7.92. The quantitative estimate of drug-likeness (QED) is 0.857. The highest BCUT2D eigenvalue weighted by Gasteiger charge is 2.38. The maximum Gasteiger partial charge on any atom is 0.154 e. The highest BCUT2D eigenvalue weighted by atomic mass is 32.2. The summed E-state index contributed by atoms with van der Waals surface area (Å²) in [5.74, 6) is 0. The van der Waals surface area contributed by atoms with Crippen LogP contribution in [0.4, 0.5) is 0 Å². The molecule has 1 heterocycles. The zero-order valence-corrected chi connectivity index (χ0v) is 12.8. The van der Waals surface area contributed by atoms with Crippen LogP contribution in [0.15, 0.2) is 6.07 Å². The molecule has 1 rings (SSSR count). The number of aryl methyl sites for hydroxylation is 2. The van der Waals surface area contributed by atoms with Gasteiger partial charge in [-0.05, 0) is 33.9 Å². The van der Waals surface area contributed by atoms with Gasteiger partial charge in [-0.25, -0.2) is 8.42 Å². The topological polar surface area (TPSA) is 64.0 Å². The summed E-state index contributed by atoms with van der Waals surface area (Å²) in [5.41, 5.74) is 1.98. The van der Waals surface area contributed by atoms with Gasteiger partial charge in [0.25, 0.3) is 0 Å². The molecule has 5 nitrogen and oxygen atoms in total. The lowest BCUT2D eigenvalue weighted by atomic mass is 9.98. The molecule has 1 N–H and O–H groups in total. The SMILES string of the molecule is CNC(Cc1cc(C)nn1C)C(C)(C)S(C)(=O)=O. The molecule has 0 spiro atoms. The molecular weight excluding hydrogens is 250 g/mol. The van der Waals surface area contributed by atoms with E-state index in [0.717, 1.165) is 11.4 Å². The lowest BCUT2D eigenvalue weighted by Gasteiger charge is -2.32. The van der Waals surface area contributed by atoms with Gasteiger partial charge in [-0.15, -0.1) is 0 Å². The molecule has 1 aromatic heterocycles. The average molecular weight is 273 g/mol. The van der Waals surface area contributed by atoms with Crippen LogP contribution in [-0.2, 0) is 23.3 Å². The van der Waals surface area contributed by atoms with Crippen molar-refractivity contribution in [3.05, 3.63) is 17.5 Å². The molecule has 1 atom stereocenters. The van der Waals surface area contributed by atoms with Crippen LogP contribution in [0.1, 0.15) is 25.2 Å². The minimum absolute atomic E-state index is 0.151. The number of rotatable bonds is 5. The van der Waals surface area contributed by atoms with Gasteiger partial charge in [-0.2, -0.15) is 5.10 Å². The van der Waals surface area contributed by atoms with Gasteiger partial charge in [-0.1, -0.05) is 0 Å². The summed E-state index contributed by atoms with van der Waals surface area (Å²) in [6, 6.07) is 1.84. The Labute approximate surface area is 109 Å². The van der Waals surface area contributed by atoms with Crippen LogP contribution in [0.25, 0.3) is 0 Å². The number of hydrogen-bond acceptors (Lipinski definition) is 4. The van der Waals surface area contributed by atoms with E-state index >= 15 is 0 Å². The van der Waals surface area contributed by atoms with Crippen molar-refractivity contribution in [2.24, 2.45) is 7.05 Å². The Kier molecular flexibility index (Phi) is 4.23. The number of hydrogen-bond donors (Lipinski definition) is 1. The van der Waals surface area contributed by atoms with E-state index in [9.17, 15) is 8.42 Å². The van der Waals surface area contributed by atoms with Crippen LogP contribution in [-0.4, -0.2) is 42.3 Å². The number of nitrogens with zero attached hydrogens (tertiary/aromatic N) is 2. The number of aromatic nitrogens is 2. The Bertz CT molecular complexity index is 517. The van der Waals surface area contributed by atoms with Gasteiger partial charge in [0.2, 0.25) is 0 Å². The van der Waals surface area contributed by atoms with E-state index < -0.39 is 14.6 Å². The summed E-state index contributed by atoms with van der Waals surface area (Å²) in [5, 5.41) is 7.40. The number of likely N-dealkylation sites (N-methyl/N-ethyl adjacent to an activating group) is 1. The molecule has 0 saturated carbocycles. The molecule has 0 radical (unpaired) electrons. The van der Waals surface area contributed by atoms with E-state index in [1.165, 1.54) is 6.26 Å². The van der Waals surface area contributed by atoms with Crippen LogP contribution >= 0.6 is 0 Å². The molecule has 6 heteroatoms. The zero-order chi connectivity index (χ0) is 14.1. The molecule has 104 valence electrons. The molecule has 0 aromatic carbocycles. The molecule has 1 unspecified atom stereocenters. The molecule has 0 saturated heterocycles. The lowest BCUT2D eigenvalue weighted by molar-refractivity contribution is 0.422. The lowest BCUT2D eigenvalue weighted by Crippen LogP contribution is -2.51. The van der Waals surface area contributed by atoms with Gasteiger partial charge in [0.1, 0.15) is 0 Å².